The number of para-hydroxylation sites is 1. The van der Waals surface area contributed by atoms with E-state index in [1.165, 1.54) is 5.56 Å². The van der Waals surface area contributed by atoms with Crippen molar-refractivity contribution in [3.05, 3.63) is 90.3 Å². The van der Waals surface area contributed by atoms with Crippen LogP contribution in [0.5, 0.6) is 0 Å². The van der Waals surface area contributed by atoms with Crippen LogP contribution in [0.15, 0.2) is 79.0 Å². The van der Waals surface area contributed by atoms with Crippen LogP contribution in [0, 0.1) is 5.92 Å². The number of ketones is 1. The number of nitrogens with zero attached hydrogens (tertiary/aromatic N) is 2. The average molecular weight is 552 g/mol. The van der Waals surface area contributed by atoms with Crippen LogP contribution in [0.1, 0.15) is 42.7 Å². The Labute approximate surface area is 240 Å². The molecule has 2 amide bonds. The second-order valence-corrected chi connectivity index (χ2v) is 11.1. The Bertz CT molecular complexity index is 1480. The van der Waals surface area contributed by atoms with Crippen molar-refractivity contribution in [2.24, 2.45) is 5.92 Å². The highest BCUT2D eigenvalue weighted by molar-refractivity contribution is 6.01. The second-order valence-electron chi connectivity index (χ2n) is 11.1. The lowest BCUT2D eigenvalue weighted by atomic mass is 10.0. The normalized spacial score (nSPS) is 16.9. The van der Waals surface area contributed by atoms with Gasteiger partial charge in [-0.2, -0.15) is 0 Å². The van der Waals surface area contributed by atoms with E-state index in [4.69, 9.17) is 0 Å². The number of likely N-dealkylation sites (tertiary alicyclic amines) is 1. The summed E-state index contributed by atoms with van der Waals surface area (Å²) in [6, 6.07) is 22.3. The Morgan fingerprint density at radius 3 is 2.66 bits per heavy atom. The number of H-pyrrole nitrogens is 1. The first kappa shape index (κ1) is 28.2. The van der Waals surface area contributed by atoms with Crippen LogP contribution in [0.4, 0.5) is 0 Å². The Morgan fingerprint density at radius 2 is 1.88 bits per heavy atom. The van der Waals surface area contributed by atoms with E-state index in [9.17, 15) is 14.4 Å². The van der Waals surface area contributed by atoms with Crippen LogP contribution in [-0.2, 0) is 16.0 Å². The Kier molecular flexibility index (Phi) is 8.89. The number of carbonyl (C=O) groups is 3. The summed E-state index contributed by atoms with van der Waals surface area (Å²) in [7, 11) is 0. The number of fused-ring (bicyclic) bond motifs is 1. The smallest absolute Gasteiger partial charge is 0.268 e. The van der Waals surface area contributed by atoms with Crippen LogP contribution in [0.3, 0.4) is 0 Å². The average Bonchev–Trinajstić information content (AvgIpc) is 3.35. The molecule has 3 heterocycles. The van der Waals surface area contributed by atoms with Gasteiger partial charge in [-0.25, -0.2) is 0 Å². The molecule has 5 rings (SSSR count). The number of nitrogens with one attached hydrogen (secondary N) is 3. The molecule has 2 aromatic carbocycles. The third kappa shape index (κ3) is 7.08. The predicted octanol–water partition coefficient (Wildman–Crippen LogP) is 4.38. The van der Waals surface area contributed by atoms with Gasteiger partial charge in [0.05, 0.1) is 18.3 Å². The van der Waals surface area contributed by atoms with Gasteiger partial charge in [-0.15, -0.1) is 0 Å². The van der Waals surface area contributed by atoms with Crippen LogP contribution in [-0.4, -0.2) is 64.2 Å². The fraction of sp³-hybridized carbons (Fsp3) is 0.333. The van der Waals surface area contributed by atoms with E-state index in [0.717, 1.165) is 48.1 Å². The standard InChI is InChI=1S/C33H37N5O3/c1-22(2)31(37-32(40)29-20-25-10-3-4-13-27(25)35-29)33(41)36-28-14-8-17-38(21-30(28)39)18-15-23-9-7-11-24(19-23)26-12-5-6-16-34-26/h3-7,9-13,16,19-20,22,28,31,35H,8,14-15,17-18,21H2,1-2H3,(H,36,41)(H,37,40). The van der Waals surface area contributed by atoms with Gasteiger partial charge in [-0.05, 0) is 67.6 Å². The molecule has 8 nitrogen and oxygen atoms in total. The van der Waals surface area contributed by atoms with Crippen LogP contribution < -0.4 is 10.6 Å². The van der Waals surface area contributed by atoms with Crippen molar-refractivity contribution in [2.45, 2.75) is 45.2 Å². The number of hydrogen-bond donors (Lipinski definition) is 3. The molecule has 4 aromatic rings. The number of aromatic nitrogens is 2. The maximum atomic E-state index is 13.3. The zero-order chi connectivity index (χ0) is 28.8. The lowest BCUT2D eigenvalue weighted by Crippen LogP contribution is -2.54. The van der Waals surface area contributed by atoms with Crippen molar-refractivity contribution in [1.82, 2.24) is 25.5 Å². The predicted molar refractivity (Wildman–Crippen MR) is 160 cm³/mol. The number of hydrogen-bond acceptors (Lipinski definition) is 5. The zero-order valence-corrected chi connectivity index (χ0v) is 23.6. The minimum atomic E-state index is -0.757. The minimum Gasteiger partial charge on any atom is -0.351 e. The van der Waals surface area contributed by atoms with Crippen LogP contribution in [0.25, 0.3) is 22.2 Å². The zero-order valence-electron chi connectivity index (χ0n) is 23.6. The number of carbonyl (C=O) groups excluding carboxylic acids is 3. The van der Waals surface area contributed by atoms with Gasteiger partial charge in [0.2, 0.25) is 5.91 Å². The third-order valence-corrected chi connectivity index (χ3v) is 7.67. The Morgan fingerprint density at radius 1 is 1.05 bits per heavy atom. The highest BCUT2D eigenvalue weighted by Crippen LogP contribution is 2.19. The fourth-order valence-electron chi connectivity index (χ4n) is 5.35. The molecule has 1 saturated heterocycles. The van der Waals surface area contributed by atoms with E-state index in [-0.39, 0.29) is 23.5 Å². The molecule has 8 heteroatoms. The summed E-state index contributed by atoms with van der Waals surface area (Å²) in [5.41, 5.74) is 4.47. The van der Waals surface area contributed by atoms with E-state index in [1.807, 2.05) is 62.4 Å². The first-order chi connectivity index (χ1) is 19.9. The molecule has 0 aliphatic carbocycles. The number of benzene rings is 2. The molecule has 2 atom stereocenters. The van der Waals surface area contributed by atoms with Gasteiger partial charge in [0.1, 0.15) is 11.7 Å². The molecular formula is C33H37N5O3. The lowest BCUT2D eigenvalue weighted by Gasteiger charge is -2.24. The number of amides is 2. The van der Waals surface area contributed by atoms with E-state index >= 15 is 0 Å². The second kappa shape index (κ2) is 12.9. The third-order valence-electron chi connectivity index (χ3n) is 7.67. The maximum absolute atomic E-state index is 13.3. The van der Waals surface area contributed by atoms with E-state index in [1.54, 1.807) is 12.3 Å². The van der Waals surface area contributed by atoms with Crippen molar-refractivity contribution in [3.63, 3.8) is 0 Å². The van der Waals surface area contributed by atoms with Crippen molar-refractivity contribution < 1.29 is 14.4 Å². The summed E-state index contributed by atoms with van der Waals surface area (Å²) in [5.74, 6) is -0.826. The van der Waals surface area contributed by atoms with Crippen molar-refractivity contribution >= 4 is 28.5 Å². The molecule has 2 unspecified atom stereocenters. The Balaban J connectivity index is 1.16. The summed E-state index contributed by atoms with van der Waals surface area (Å²) in [5, 5.41) is 6.74. The van der Waals surface area contributed by atoms with Crippen molar-refractivity contribution in [2.75, 3.05) is 19.6 Å². The number of aromatic amines is 1. The summed E-state index contributed by atoms with van der Waals surface area (Å²) in [4.78, 5) is 49.2. The number of pyridine rings is 1. The molecule has 1 aliphatic rings. The molecule has 1 fully saturated rings. The molecule has 1 aliphatic heterocycles. The van der Waals surface area contributed by atoms with Gasteiger partial charge >= 0.3 is 0 Å². The largest absolute Gasteiger partial charge is 0.351 e. The SMILES string of the molecule is CC(C)C(NC(=O)c1cc2ccccc2[nH]1)C(=O)NC1CCCN(CCc2cccc(-c3ccccn3)c2)CC1=O. The molecule has 212 valence electrons. The minimum absolute atomic E-state index is 0.00235. The topological polar surface area (TPSA) is 107 Å². The highest BCUT2D eigenvalue weighted by Gasteiger charge is 2.31. The highest BCUT2D eigenvalue weighted by atomic mass is 16.2. The fourth-order valence-corrected chi connectivity index (χ4v) is 5.35. The van der Waals surface area contributed by atoms with E-state index in [0.29, 0.717) is 18.7 Å². The molecule has 0 spiro atoms. The Hall–Kier alpha value is -4.30. The summed E-state index contributed by atoms with van der Waals surface area (Å²) in [6.07, 6.45) is 4.00. The van der Waals surface area contributed by atoms with Crippen LogP contribution in [0.2, 0.25) is 0 Å². The van der Waals surface area contributed by atoms with Gasteiger partial charge in [0, 0.05) is 29.2 Å². The van der Waals surface area contributed by atoms with Crippen LogP contribution >= 0.6 is 0 Å². The lowest BCUT2D eigenvalue weighted by molar-refractivity contribution is -0.129. The van der Waals surface area contributed by atoms with Gasteiger partial charge in [-0.3, -0.25) is 24.3 Å². The van der Waals surface area contributed by atoms with Gasteiger partial charge in [-0.1, -0.05) is 56.3 Å². The summed E-state index contributed by atoms with van der Waals surface area (Å²) >= 11 is 0. The quantitative estimate of drug-likeness (QED) is 0.286. The number of rotatable bonds is 9. The molecule has 2 aromatic heterocycles. The first-order valence-electron chi connectivity index (χ1n) is 14.3. The van der Waals surface area contributed by atoms with E-state index in [2.05, 4.69) is 43.7 Å². The van der Waals surface area contributed by atoms with Crippen molar-refractivity contribution in [1.29, 1.82) is 0 Å². The molecule has 0 saturated carbocycles. The summed E-state index contributed by atoms with van der Waals surface area (Å²) in [6.45, 7) is 5.61. The first-order valence-corrected chi connectivity index (χ1v) is 14.3. The van der Waals surface area contributed by atoms with E-state index < -0.39 is 12.1 Å². The van der Waals surface area contributed by atoms with Gasteiger partial charge in [0.15, 0.2) is 5.78 Å². The number of Topliss-reactive ketones (excluding diaryl/α,β-unsaturated/α-hetero) is 1. The van der Waals surface area contributed by atoms with Gasteiger partial charge in [0.25, 0.3) is 5.91 Å². The maximum Gasteiger partial charge on any atom is 0.268 e. The van der Waals surface area contributed by atoms with Gasteiger partial charge < -0.3 is 15.6 Å². The molecular weight excluding hydrogens is 514 g/mol. The molecule has 3 N–H and O–H groups in total. The van der Waals surface area contributed by atoms with Crippen molar-refractivity contribution in [3.8, 4) is 11.3 Å². The molecule has 41 heavy (non-hydrogen) atoms. The molecule has 0 bridgehead atoms. The molecule has 0 radical (unpaired) electrons. The monoisotopic (exact) mass is 551 g/mol. The summed E-state index contributed by atoms with van der Waals surface area (Å²) < 4.78 is 0.